The molecule has 0 aliphatic heterocycles. The van der Waals surface area contributed by atoms with Crippen LogP contribution in [-0.4, -0.2) is 29.1 Å². The molecule has 0 bridgehead atoms. The minimum absolute atomic E-state index is 0.578. The Morgan fingerprint density at radius 2 is 1.64 bits per heavy atom. The third-order valence-corrected chi connectivity index (χ3v) is 6.52. The quantitative estimate of drug-likeness (QED) is 0.446. The van der Waals surface area contributed by atoms with Crippen LogP contribution in [0.25, 0.3) is 0 Å². The Bertz CT molecular complexity index is 437. The van der Waals surface area contributed by atoms with E-state index in [4.69, 9.17) is 13.3 Å². The molecule has 3 nitrogen and oxygen atoms in total. The highest BCUT2D eigenvalue weighted by Gasteiger charge is 2.38. The summed E-state index contributed by atoms with van der Waals surface area (Å²) in [6.07, 6.45) is 3.56. The maximum Gasteiger partial charge on any atom is 0.500 e. The van der Waals surface area contributed by atoms with Gasteiger partial charge in [0.05, 0.1) is 0 Å². The summed E-state index contributed by atoms with van der Waals surface area (Å²) in [7, 11) is -0.887. The number of aryl methyl sites for hydroxylation is 1. The normalized spacial score (nSPS) is 11.9. The smallest absolute Gasteiger partial charge is 0.377 e. The lowest BCUT2D eigenvalue weighted by Gasteiger charge is -2.27. The van der Waals surface area contributed by atoms with E-state index >= 15 is 0 Å². The standard InChI is InChI=1S/C16H26F2O3Si/c1-4-20-22(19-3,21-5-2)12-8-6-7-9-14-10-11-15(17)16(18)13-14/h10-11,13H,4-9,12H2,1-3H3. The molecule has 0 heterocycles. The highest BCUT2D eigenvalue weighted by Crippen LogP contribution is 2.20. The lowest BCUT2D eigenvalue weighted by molar-refractivity contribution is 0.0859. The summed E-state index contributed by atoms with van der Waals surface area (Å²) >= 11 is 0. The van der Waals surface area contributed by atoms with Crippen LogP contribution in [0.2, 0.25) is 6.04 Å². The molecule has 0 aliphatic carbocycles. The van der Waals surface area contributed by atoms with E-state index in [0.29, 0.717) is 13.2 Å². The zero-order valence-electron chi connectivity index (χ0n) is 13.7. The van der Waals surface area contributed by atoms with E-state index in [9.17, 15) is 8.78 Å². The van der Waals surface area contributed by atoms with Gasteiger partial charge in [0, 0.05) is 26.4 Å². The Morgan fingerprint density at radius 3 is 2.18 bits per heavy atom. The van der Waals surface area contributed by atoms with Gasteiger partial charge >= 0.3 is 8.80 Å². The van der Waals surface area contributed by atoms with Gasteiger partial charge < -0.3 is 13.3 Å². The number of hydrogen-bond donors (Lipinski definition) is 0. The predicted octanol–water partition coefficient (Wildman–Crippen LogP) is 4.34. The number of rotatable bonds is 11. The largest absolute Gasteiger partial charge is 0.500 e. The lowest BCUT2D eigenvalue weighted by atomic mass is 10.1. The first-order valence-electron chi connectivity index (χ1n) is 7.84. The first-order chi connectivity index (χ1) is 10.6. The molecule has 0 aliphatic rings. The van der Waals surface area contributed by atoms with Crippen molar-refractivity contribution in [3.63, 3.8) is 0 Å². The van der Waals surface area contributed by atoms with Gasteiger partial charge in [0.1, 0.15) is 0 Å². The van der Waals surface area contributed by atoms with E-state index in [-0.39, 0.29) is 0 Å². The Hall–Kier alpha value is -0.823. The van der Waals surface area contributed by atoms with Crippen LogP contribution in [0.3, 0.4) is 0 Å². The summed E-state index contributed by atoms with van der Waals surface area (Å²) in [6, 6.07) is 4.86. The second kappa shape index (κ2) is 10.0. The number of benzene rings is 1. The van der Waals surface area contributed by atoms with Crippen molar-refractivity contribution in [1.29, 1.82) is 0 Å². The number of unbranched alkanes of at least 4 members (excludes halogenated alkanes) is 2. The molecule has 1 aromatic carbocycles. The van der Waals surface area contributed by atoms with Gasteiger partial charge in [-0.15, -0.1) is 0 Å². The second-order valence-electron chi connectivity index (χ2n) is 5.06. The van der Waals surface area contributed by atoms with Gasteiger partial charge in [0.25, 0.3) is 0 Å². The van der Waals surface area contributed by atoms with Gasteiger partial charge in [-0.3, -0.25) is 0 Å². The lowest BCUT2D eigenvalue weighted by Crippen LogP contribution is -2.44. The third-order valence-electron chi connectivity index (χ3n) is 3.47. The summed E-state index contributed by atoms with van der Waals surface area (Å²) in [5.41, 5.74) is 0.823. The minimum Gasteiger partial charge on any atom is -0.377 e. The van der Waals surface area contributed by atoms with Crippen molar-refractivity contribution < 1.29 is 22.1 Å². The van der Waals surface area contributed by atoms with Crippen LogP contribution >= 0.6 is 0 Å². The summed E-state index contributed by atoms with van der Waals surface area (Å²) in [5, 5.41) is 0. The Balaban J connectivity index is 2.35. The number of hydrogen-bond acceptors (Lipinski definition) is 3. The number of halogens is 2. The molecule has 126 valence electrons. The molecule has 0 unspecified atom stereocenters. The third kappa shape index (κ3) is 6.12. The highest BCUT2D eigenvalue weighted by atomic mass is 28.4. The molecular formula is C16H26F2O3Si. The van der Waals surface area contributed by atoms with Crippen molar-refractivity contribution >= 4 is 8.80 Å². The van der Waals surface area contributed by atoms with Crippen LogP contribution < -0.4 is 0 Å². The van der Waals surface area contributed by atoms with E-state index in [1.54, 1.807) is 13.2 Å². The molecule has 0 atom stereocenters. The summed E-state index contributed by atoms with van der Waals surface area (Å²) in [4.78, 5) is 0. The molecule has 0 fully saturated rings. The first kappa shape index (κ1) is 19.2. The van der Waals surface area contributed by atoms with E-state index in [0.717, 1.165) is 37.3 Å². The molecule has 0 N–H and O–H groups in total. The van der Waals surface area contributed by atoms with Crippen LogP contribution in [0.15, 0.2) is 18.2 Å². The van der Waals surface area contributed by atoms with Crippen molar-refractivity contribution in [1.82, 2.24) is 0 Å². The average molecular weight is 332 g/mol. The van der Waals surface area contributed by atoms with E-state index in [1.165, 1.54) is 12.1 Å². The monoisotopic (exact) mass is 332 g/mol. The molecular weight excluding hydrogens is 306 g/mol. The van der Waals surface area contributed by atoms with Crippen LogP contribution in [-0.2, 0) is 19.7 Å². The van der Waals surface area contributed by atoms with Crippen molar-refractivity contribution in [2.24, 2.45) is 0 Å². The molecule has 0 spiro atoms. The molecule has 0 amide bonds. The summed E-state index contributed by atoms with van der Waals surface area (Å²) in [6.45, 7) is 5.02. The van der Waals surface area contributed by atoms with E-state index in [2.05, 4.69) is 0 Å². The minimum atomic E-state index is -2.52. The average Bonchev–Trinajstić information content (AvgIpc) is 2.50. The molecule has 0 saturated carbocycles. The van der Waals surface area contributed by atoms with Crippen LogP contribution in [0.1, 0.15) is 38.7 Å². The van der Waals surface area contributed by atoms with Gasteiger partial charge in [-0.2, -0.15) is 0 Å². The molecule has 1 aromatic rings. The molecule has 0 radical (unpaired) electrons. The zero-order valence-corrected chi connectivity index (χ0v) is 14.7. The van der Waals surface area contributed by atoms with Gasteiger partial charge in [-0.05, 0) is 50.8 Å². The summed E-state index contributed by atoms with van der Waals surface area (Å²) in [5.74, 6) is -1.58. The summed E-state index contributed by atoms with van der Waals surface area (Å²) < 4.78 is 42.9. The van der Waals surface area contributed by atoms with Crippen molar-refractivity contribution in [2.75, 3.05) is 20.3 Å². The van der Waals surface area contributed by atoms with E-state index in [1.807, 2.05) is 13.8 Å². The highest BCUT2D eigenvalue weighted by molar-refractivity contribution is 6.60. The fraction of sp³-hybridized carbons (Fsp3) is 0.625. The fourth-order valence-corrected chi connectivity index (χ4v) is 4.76. The molecule has 0 aromatic heterocycles. The van der Waals surface area contributed by atoms with Gasteiger partial charge in [0.2, 0.25) is 0 Å². The van der Waals surface area contributed by atoms with E-state index < -0.39 is 20.4 Å². The molecule has 1 rings (SSSR count). The molecule has 0 saturated heterocycles. The van der Waals surface area contributed by atoms with Gasteiger partial charge in [-0.1, -0.05) is 12.5 Å². The first-order valence-corrected chi connectivity index (χ1v) is 9.77. The maximum atomic E-state index is 13.1. The van der Waals surface area contributed by atoms with Crippen LogP contribution in [0.4, 0.5) is 8.78 Å². The van der Waals surface area contributed by atoms with Crippen molar-refractivity contribution in [2.45, 2.75) is 45.6 Å². The predicted molar refractivity (Wildman–Crippen MR) is 84.7 cm³/mol. The van der Waals surface area contributed by atoms with Crippen molar-refractivity contribution in [3.8, 4) is 0 Å². The Kier molecular flexibility index (Phi) is 8.78. The Labute approximate surface area is 133 Å². The van der Waals surface area contributed by atoms with Crippen molar-refractivity contribution in [3.05, 3.63) is 35.4 Å². The molecule has 6 heteroatoms. The topological polar surface area (TPSA) is 27.7 Å². The fourth-order valence-electron chi connectivity index (χ4n) is 2.39. The Morgan fingerprint density at radius 1 is 0.955 bits per heavy atom. The SMILES string of the molecule is CCO[Si](CCCCCc1ccc(F)c(F)c1)(OC)OCC. The maximum absolute atomic E-state index is 13.1. The molecule has 22 heavy (non-hydrogen) atoms. The zero-order chi connectivity index (χ0) is 16.4. The second-order valence-corrected chi connectivity index (χ2v) is 7.91. The van der Waals surface area contributed by atoms with Crippen LogP contribution in [0.5, 0.6) is 0 Å². The van der Waals surface area contributed by atoms with Gasteiger partial charge in [0.15, 0.2) is 11.6 Å². The van der Waals surface area contributed by atoms with Crippen LogP contribution in [0, 0.1) is 11.6 Å². The van der Waals surface area contributed by atoms with Gasteiger partial charge in [-0.25, -0.2) is 8.78 Å².